The van der Waals surface area contributed by atoms with Crippen molar-refractivity contribution in [1.82, 2.24) is 4.98 Å². The van der Waals surface area contributed by atoms with Gasteiger partial charge >= 0.3 is 0 Å². The van der Waals surface area contributed by atoms with E-state index in [2.05, 4.69) is 4.98 Å². The molecule has 0 aliphatic carbocycles. The number of benzene rings is 1. The lowest BCUT2D eigenvalue weighted by molar-refractivity contribution is 0.215. The zero-order chi connectivity index (χ0) is 14.7. The van der Waals surface area contributed by atoms with E-state index in [1.807, 2.05) is 13.8 Å². The van der Waals surface area contributed by atoms with Crippen molar-refractivity contribution in [3.8, 4) is 5.75 Å². The van der Waals surface area contributed by atoms with E-state index in [0.29, 0.717) is 22.4 Å². The standard InChI is InChI=1S/C16H18FNO2/c1-10(2)20-14-7-13(8-18-9-14)16(19)12-4-5-15(17)11(3)6-12/h4-10,16,19H,1-3H3. The predicted octanol–water partition coefficient (Wildman–Crippen LogP) is 3.40. The highest BCUT2D eigenvalue weighted by molar-refractivity contribution is 5.34. The number of aryl methyl sites for hydroxylation is 1. The Morgan fingerprint density at radius 3 is 2.55 bits per heavy atom. The molecule has 1 aromatic carbocycles. The van der Waals surface area contributed by atoms with Crippen LogP contribution in [0.5, 0.6) is 5.75 Å². The zero-order valence-corrected chi connectivity index (χ0v) is 11.8. The van der Waals surface area contributed by atoms with Gasteiger partial charge in [0, 0.05) is 11.8 Å². The fourth-order valence-corrected chi connectivity index (χ4v) is 1.95. The summed E-state index contributed by atoms with van der Waals surface area (Å²) >= 11 is 0. The molecule has 3 nitrogen and oxygen atoms in total. The fourth-order valence-electron chi connectivity index (χ4n) is 1.95. The van der Waals surface area contributed by atoms with Crippen LogP contribution >= 0.6 is 0 Å². The number of rotatable bonds is 4. The van der Waals surface area contributed by atoms with Crippen LogP contribution in [-0.2, 0) is 0 Å². The molecule has 0 fully saturated rings. The SMILES string of the molecule is Cc1cc(C(O)c2cncc(OC(C)C)c2)ccc1F. The van der Waals surface area contributed by atoms with Crippen molar-refractivity contribution in [3.05, 3.63) is 59.2 Å². The van der Waals surface area contributed by atoms with Crippen molar-refractivity contribution >= 4 is 0 Å². The summed E-state index contributed by atoms with van der Waals surface area (Å²) in [5.74, 6) is 0.325. The molecule has 0 saturated carbocycles. The van der Waals surface area contributed by atoms with Crippen LogP contribution in [0.25, 0.3) is 0 Å². The van der Waals surface area contributed by atoms with Crippen molar-refractivity contribution in [2.45, 2.75) is 33.0 Å². The molecule has 20 heavy (non-hydrogen) atoms. The van der Waals surface area contributed by atoms with Crippen molar-refractivity contribution in [1.29, 1.82) is 0 Å². The van der Waals surface area contributed by atoms with Crippen LogP contribution in [0.2, 0.25) is 0 Å². The molecule has 1 aromatic heterocycles. The summed E-state index contributed by atoms with van der Waals surface area (Å²) in [5, 5.41) is 10.3. The van der Waals surface area contributed by atoms with Crippen LogP contribution in [0.3, 0.4) is 0 Å². The van der Waals surface area contributed by atoms with E-state index in [9.17, 15) is 9.50 Å². The van der Waals surface area contributed by atoms with Gasteiger partial charge < -0.3 is 9.84 Å². The Hall–Kier alpha value is -1.94. The number of hydrogen-bond acceptors (Lipinski definition) is 3. The van der Waals surface area contributed by atoms with Crippen LogP contribution in [0.4, 0.5) is 4.39 Å². The third-order valence-electron chi connectivity index (χ3n) is 2.92. The van der Waals surface area contributed by atoms with E-state index < -0.39 is 6.10 Å². The highest BCUT2D eigenvalue weighted by atomic mass is 19.1. The predicted molar refractivity (Wildman–Crippen MR) is 75.2 cm³/mol. The van der Waals surface area contributed by atoms with Crippen LogP contribution in [0.15, 0.2) is 36.7 Å². The molecule has 0 radical (unpaired) electrons. The molecule has 106 valence electrons. The van der Waals surface area contributed by atoms with E-state index >= 15 is 0 Å². The van der Waals surface area contributed by atoms with Gasteiger partial charge in [-0.2, -0.15) is 0 Å². The third-order valence-corrected chi connectivity index (χ3v) is 2.92. The monoisotopic (exact) mass is 275 g/mol. The average molecular weight is 275 g/mol. The van der Waals surface area contributed by atoms with Gasteiger partial charge in [0.1, 0.15) is 17.7 Å². The summed E-state index contributed by atoms with van der Waals surface area (Å²) in [5.41, 5.74) is 1.76. The molecule has 0 aliphatic heterocycles. The number of aromatic nitrogens is 1. The first-order chi connectivity index (χ1) is 9.47. The van der Waals surface area contributed by atoms with E-state index in [-0.39, 0.29) is 11.9 Å². The van der Waals surface area contributed by atoms with Gasteiger partial charge in [-0.1, -0.05) is 12.1 Å². The molecular weight excluding hydrogens is 257 g/mol. The largest absolute Gasteiger partial charge is 0.489 e. The Bertz CT molecular complexity index is 599. The van der Waals surface area contributed by atoms with Gasteiger partial charge in [-0.05, 0) is 44.0 Å². The maximum atomic E-state index is 13.3. The molecule has 2 rings (SSSR count). The highest BCUT2D eigenvalue weighted by Gasteiger charge is 2.13. The highest BCUT2D eigenvalue weighted by Crippen LogP contribution is 2.25. The Morgan fingerprint density at radius 2 is 1.90 bits per heavy atom. The lowest BCUT2D eigenvalue weighted by atomic mass is 10.0. The summed E-state index contributed by atoms with van der Waals surface area (Å²) in [6.07, 6.45) is 2.37. The summed E-state index contributed by atoms with van der Waals surface area (Å²) in [4.78, 5) is 4.07. The van der Waals surface area contributed by atoms with Crippen molar-refractivity contribution in [2.75, 3.05) is 0 Å². The molecule has 2 aromatic rings. The van der Waals surface area contributed by atoms with Crippen LogP contribution in [0, 0.1) is 12.7 Å². The Morgan fingerprint density at radius 1 is 1.15 bits per heavy atom. The first-order valence-electron chi connectivity index (χ1n) is 6.53. The molecule has 0 aliphatic rings. The number of aliphatic hydroxyl groups is 1. The quantitative estimate of drug-likeness (QED) is 0.930. The van der Waals surface area contributed by atoms with Gasteiger partial charge in [-0.3, -0.25) is 4.98 Å². The maximum Gasteiger partial charge on any atom is 0.138 e. The summed E-state index contributed by atoms with van der Waals surface area (Å²) < 4.78 is 18.8. The number of pyridine rings is 1. The first kappa shape index (κ1) is 14.5. The molecule has 0 amide bonds. The second-order valence-electron chi connectivity index (χ2n) is 5.03. The normalized spacial score (nSPS) is 12.5. The fraction of sp³-hybridized carbons (Fsp3) is 0.312. The zero-order valence-electron chi connectivity index (χ0n) is 11.8. The summed E-state index contributed by atoms with van der Waals surface area (Å²) in [6.45, 7) is 5.51. The minimum Gasteiger partial charge on any atom is -0.489 e. The summed E-state index contributed by atoms with van der Waals surface area (Å²) in [7, 11) is 0. The van der Waals surface area contributed by atoms with Crippen LogP contribution in [0.1, 0.15) is 36.6 Å². The van der Waals surface area contributed by atoms with Crippen LogP contribution in [-0.4, -0.2) is 16.2 Å². The lowest BCUT2D eigenvalue weighted by Gasteiger charge is -2.14. The van der Waals surface area contributed by atoms with Gasteiger partial charge in [-0.15, -0.1) is 0 Å². The molecular formula is C16H18FNO2. The van der Waals surface area contributed by atoms with Crippen molar-refractivity contribution in [3.63, 3.8) is 0 Å². The molecule has 1 heterocycles. The molecule has 1 unspecified atom stereocenters. The molecule has 0 bridgehead atoms. The van der Waals surface area contributed by atoms with E-state index in [1.165, 1.54) is 6.07 Å². The Balaban J connectivity index is 2.28. The lowest BCUT2D eigenvalue weighted by Crippen LogP contribution is -2.07. The Labute approximate surface area is 118 Å². The van der Waals surface area contributed by atoms with Crippen molar-refractivity contribution < 1.29 is 14.2 Å². The smallest absolute Gasteiger partial charge is 0.138 e. The molecule has 4 heteroatoms. The minimum absolute atomic E-state index is 0.0391. The summed E-state index contributed by atoms with van der Waals surface area (Å²) in [6, 6.07) is 6.31. The van der Waals surface area contributed by atoms with Crippen LogP contribution < -0.4 is 4.74 Å². The average Bonchev–Trinajstić information content (AvgIpc) is 2.40. The van der Waals surface area contributed by atoms with E-state index in [1.54, 1.807) is 37.5 Å². The number of nitrogens with zero attached hydrogens (tertiary/aromatic N) is 1. The van der Waals surface area contributed by atoms with Gasteiger partial charge in [0.2, 0.25) is 0 Å². The van der Waals surface area contributed by atoms with E-state index in [0.717, 1.165) is 0 Å². The van der Waals surface area contributed by atoms with Gasteiger partial charge in [-0.25, -0.2) is 4.39 Å². The second kappa shape index (κ2) is 6.01. The van der Waals surface area contributed by atoms with Crippen molar-refractivity contribution in [2.24, 2.45) is 0 Å². The topological polar surface area (TPSA) is 42.4 Å². The van der Waals surface area contributed by atoms with Gasteiger partial charge in [0.15, 0.2) is 0 Å². The third kappa shape index (κ3) is 3.33. The first-order valence-corrected chi connectivity index (χ1v) is 6.53. The van der Waals surface area contributed by atoms with Gasteiger partial charge in [0.25, 0.3) is 0 Å². The van der Waals surface area contributed by atoms with Gasteiger partial charge in [0.05, 0.1) is 12.3 Å². The Kier molecular flexibility index (Phi) is 4.35. The second-order valence-corrected chi connectivity index (χ2v) is 5.03. The number of halogens is 1. The minimum atomic E-state index is -0.850. The number of hydrogen-bond donors (Lipinski definition) is 1. The molecule has 0 spiro atoms. The molecule has 1 atom stereocenters. The molecule has 0 saturated heterocycles. The maximum absolute atomic E-state index is 13.3. The molecule has 1 N–H and O–H groups in total. The number of aliphatic hydroxyl groups excluding tert-OH is 1. The van der Waals surface area contributed by atoms with E-state index in [4.69, 9.17) is 4.74 Å². The number of ether oxygens (including phenoxy) is 1.